The number of nitrogens with zero attached hydrogens (tertiary/aromatic N) is 3. The van der Waals surface area contributed by atoms with Crippen molar-refractivity contribution in [2.45, 2.75) is 6.42 Å². The first-order chi connectivity index (χ1) is 11.8. The Morgan fingerprint density at radius 2 is 2.08 bits per heavy atom. The lowest BCUT2D eigenvalue weighted by atomic mass is 10.1. The molecule has 7 nitrogen and oxygen atoms in total. The highest BCUT2D eigenvalue weighted by atomic mass is 19.1. The number of nitrogens with one attached hydrogen (secondary N) is 1. The van der Waals surface area contributed by atoms with Crippen molar-refractivity contribution in [1.82, 2.24) is 14.7 Å². The van der Waals surface area contributed by atoms with Gasteiger partial charge in [-0.25, -0.2) is 13.6 Å². The number of carbonyl (C=O) groups excluding carboxylic acids is 1. The Bertz CT molecular complexity index is 837. The van der Waals surface area contributed by atoms with Crippen LogP contribution in [0.5, 0.6) is 0 Å². The minimum Gasteiger partial charge on any atom is -0.481 e. The number of carboxylic acid groups (broad SMARTS) is 1. The number of hydrogen-bond acceptors (Lipinski definition) is 3. The molecular weight excluding hydrogens is 334 g/mol. The van der Waals surface area contributed by atoms with E-state index < -0.39 is 29.6 Å². The van der Waals surface area contributed by atoms with Crippen LogP contribution in [0.3, 0.4) is 0 Å². The molecule has 1 aromatic heterocycles. The standard InChI is InChI=1S/C16H16F2N4O3/c1-21-14(19-16(25)22-5-4-9(8-22)15(23)24)7-13(20-21)11-3-2-10(17)6-12(11)18/h2-3,6-7,9H,4-5,8H2,1H3,(H,19,25)(H,23,24). The number of urea groups is 1. The largest absolute Gasteiger partial charge is 0.481 e. The third-order valence-corrected chi connectivity index (χ3v) is 4.15. The first-order valence-corrected chi connectivity index (χ1v) is 7.63. The fourth-order valence-corrected chi connectivity index (χ4v) is 2.75. The van der Waals surface area contributed by atoms with Crippen molar-refractivity contribution in [2.75, 3.05) is 18.4 Å². The Balaban J connectivity index is 1.75. The van der Waals surface area contributed by atoms with Gasteiger partial charge in [0.1, 0.15) is 17.5 Å². The average molecular weight is 350 g/mol. The second-order valence-electron chi connectivity index (χ2n) is 5.86. The highest BCUT2D eigenvalue weighted by molar-refractivity contribution is 5.90. The number of hydrogen-bond donors (Lipinski definition) is 2. The van der Waals surface area contributed by atoms with Crippen LogP contribution in [-0.4, -0.2) is 44.9 Å². The molecule has 0 saturated carbocycles. The Morgan fingerprint density at radius 3 is 2.72 bits per heavy atom. The molecule has 1 aromatic carbocycles. The van der Waals surface area contributed by atoms with Crippen LogP contribution in [0.15, 0.2) is 24.3 Å². The van der Waals surface area contributed by atoms with Gasteiger partial charge in [-0.2, -0.15) is 5.10 Å². The smallest absolute Gasteiger partial charge is 0.323 e. The predicted octanol–water partition coefficient (Wildman–Crippen LogP) is 2.30. The van der Waals surface area contributed by atoms with Crippen LogP contribution in [-0.2, 0) is 11.8 Å². The number of aromatic nitrogens is 2. The maximum Gasteiger partial charge on any atom is 0.323 e. The lowest BCUT2D eigenvalue weighted by Crippen LogP contribution is -2.34. The van der Waals surface area contributed by atoms with Gasteiger partial charge in [0.05, 0.1) is 11.6 Å². The van der Waals surface area contributed by atoms with E-state index in [1.807, 2.05) is 0 Å². The second-order valence-corrected chi connectivity index (χ2v) is 5.86. The van der Waals surface area contributed by atoms with E-state index in [9.17, 15) is 18.4 Å². The van der Waals surface area contributed by atoms with Gasteiger partial charge < -0.3 is 10.0 Å². The summed E-state index contributed by atoms with van der Waals surface area (Å²) in [5.41, 5.74) is 0.366. The van der Waals surface area contributed by atoms with E-state index in [4.69, 9.17) is 5.11 Å². The quantitative estimate of drug-likeness (QED) is 0.889. The fraction of sp³-hybridized carbons (Fsp3) is 0.312. The van der Waals surface area contributed by atoms with Crippen LogP contribution < -0.4 is 5.32 Å². The predicted molar refractivity (Wildman–Crippen MR) is 84.9 cm³/mol. The first kappa shape index (κ1) is 16.9. The van der Waals surface area contributed by atoms with Crippen LogP contribution in [0, 0.1) is 17.6 Å². The number of amides is 2. The van der Waals surface area contributed by atoms with E-state index in [1.165, 1.54) is 21.7 Å². The minimum atomic E-state index is -0.926. The molecule has 2 heterocycles. The maximum atomic E-state index is 13.9. The van der Waals surface area contributed by atoms with E-state index in [1.54, 1.807) is 7.05 Å². The molecule has 1 fully saturated rings. The van der Waals surface area contributed by atoms with Crippen molar-refractivity contribution in [3.63, 3.8) is 0 Å². The van der Waals surface area contributed by atoms with Crippen LogP contribution in [0.4, 0.5) is 19.4 Å². The molecule has 1 aliphatic rings. The van der Waals surface area contributed by atoms with Crippen molar-refractivity contribution in [3.05, 3.63) is 35.9 Å². The van der Waals surface area contributed by atoms with Crippen molar-refractivity contribution >= 4 is 17.8 Å². The molecule has 0 radical (unpaired) electrons. The number of carboxylic acids is 1. The fourth-order valence-electron chi connectivity index (χ4n) is 2.75. The lowest BCUT2D eigenvalue weighted by molar-refractivity contribution is -0.141. The van der Waals surface area contributed by atoms with Gasteiger partial charge >= 0.3 is 12.0 Å². The van der Waals surface area contributed by atoms with E-state index in [-0.39, 0.29) is 17.8 Å². The molecule has 0 bridgehead atoms. The molecule has 9 heteroatoms. The number of anilines is 1. The number of halogens is 2. The molecule has 0 spiro atoms. The zero-order chi connectivity index (χ0) is 18.1. The molecule has 3 rings (SSSR count). The Labute approximate surface area is 141 Å². The zero-order valence-electron chi connectivity index (χ0n) is 13.4. The Hall–Kier alpha value is -2.97. The van der Waals surface area contributed by atoms with Gasteiger partial charge in [0.2, 0.25) is 0 Å². The molecule has 1 unspecified atom stereocenters. The van der Waals surface area contributed by atoms with E-state index in [2.05, 4.69) is 10.4 Å². The van der Waals surface area contributed by atoms with E-state index >= 15 is 0 Å². The lowest BCUT2D eigenvalue weighted by Gasteiger charge is -2.16. The normalized spacial score (nSPS) is 16.9. The van der Waals surface area contributed by atoms with Crippen LogP contribution in [0.25, 0.3) is 11.3 Å². The zero-order valence-corrected chi connectivity index (χ0v) is 13.4. The molecule has 0 aliphatic carbocycles. The van der Waals surface area contributed by atoms with E-state index in [0.717, 1.165) is 12.1 Å². The van der Waals surface area contributed by atoms with Gasteiger partial charge in [-0.3, -0.25) is 14.8 Å². The summed E-state index contributed by atoms with van der Waals surface area (Å²) in [6, 6.07) is 4.19. The Morgan fingerprint density at radius 1 is 1.32 bits per heavy atom. The van der Waals surface area contributed by atoms with Crippen LogP contribution in [0.2, 0.25) is 0 Å². The molecule has 2 N–H and O–H groups in total. The molecule has 2 aromatic rings. The summed E-state index contributed by atoms with van der Waals surface area (Å²) in [6.07, 6.45) is 0.403. The molecule has 1 atom stereocenters. The summed E-state index contributed by atoms with van der Waals surface area (Å²) in [4.78, 5) is 24.6. The monoisotopic (exact) mass is 350 g/mol. The average Bonchev–Trinajstić information content (AvgIpc) is 3.15. The van der Waals surface area contributed by atoms with Crippen molar-refractivity contribution in [2.24, 2.45) is 13.0 Å². The van der Waals surface area contributed by atoms with Gasteiger partial charge in [0.15, 0.2) is 0 Å². The number of aliphatic carboxylic acids is 1. The third-order valence-electron chi connectivity index (χ3n) is 4.15. The van der Waals surface area contributed by atoms with Crippen molar-refractivity contribution in [3.8, 4) is 11.3 Å². The van der Waals surface area contributed by atoms with E-state index in [0.29, 0.717) is 18.8 Å². The van der Waals surface area contributed by atoms with Gasteiger partial charge in [-0.05, 0) is 18.6 Å². The highest BCUT2D eigenvalue weighted by Gasteiger charge is 2.31. The maximum absolute atomic E-state index is 13.9. The number of carbonyl (C=O) groups is 2. The summed E-state index contributed by atoms with van der Waals surface area (Å²) < 4.78 is 28.2. The SMILES string of the molecule is Cn1nc(-c2ccc(F)cc2F)cc1NC(=O)N1CCC(C(=O)O)C1. The van der Waals surface area contributed by atoms with Gasteiger partial charge in [-0.15, -0.1) is 0 Å². The molecule has 25 heavy (non-hydrogen) atoms. The van der Waals surface area contributed by atoms with Crippen LogP contribution in [0.1, 0.15) is 6.42 Å². The summed E-state index contributed by atoms with van der Waals surface area (Å²) in [5.74, 6) is -2.61. The molecule has 2 amide bonds. The summed E-state index contributed by atoms with van der Waals surface area (Å²) >= 11 is 0. The minimum absolute atomic E-state index is 0.115. The third kappa shape index (κ3) is 3.44. The highest BCUT2D eigenvalue weighted by Crippen LogP contribution is 2.25. The summed E-state index contributed by atoms with van der Waals surface area (Å²) in [6.45, 7) is 0.485. The number of aryl methyl sites for hydroxylation is 1. The molecule has 1 aliphatic heterocycles. The topological polar surface area (TPSA) is 87.5 Å². The second kappa shape index (κ2) is 6.50. The summed E-state index contributed by atoms with van der Waals surface area (Å²) in [5, 5.41) is 15.7. The molecule has 1 saturated heterocycles. The van der Waals surface area contributed by atoms with Crippen molar-refractivity contribution < 1.29 is 23.5 Å². The number of benzene rings is 1. The van der Waals surface area contributed by atoms with Gasteiger partial charge in [0, 0.05) is 37.8 Å². The van der Waals surface area contributed by atoms with Crippen LogP contribution >= 0.6 is 0 Å². The first-order valence-electron chi connectivity index (χ1n) is 7.63. The number of likely N-dealkylation sites (tertiary alicyclic amines) is 1. The number of rotatable bonds is 3. The van der Waals surface area contributed by atoms with Crippen molar-refractivity contribution in [1.29, 1.82) is 0 Å². The molecular formula is C16H16F2N4O3. The summed E-state index contributed by atoms with van der Waals surface area (Å²) in [7, 11) is 1.57. The molecule has 132 valence electrons. The van der Waals surface area contributed by atoms with Gasteiger partial charge in [-0.1, -0.05) is 0 Å². The van der Waals surface area contributed by atoms with Gasteiger partial charge in [0.25, 0.3) is 0 Å². The Kier molecular flexibility index (Phi) is 4.39.